The molecule has 2 heterocycles. The molecule has 6 nitrogen and oxygen atoms in total. The van der Waals surface area contributed by atoms with Gasteiger partial charge in [-0.15, -0.1) is 0 Å². The molecule has 2 aromatic carbocycles. The van der Waals surface area contributed by atoms with Crippen LogP contribution in [-0.2, 0) is 11.2 Å². The van der Waals surface area contributed by atoms with Crippen molar-refractivity contribution in [2.24, 2.45) is 5.92 Å². The number of hydrogen-bond donors (Lipinski definition) is 0. The molecule has 2 aromatic rings. The van der Waals surface area contributed by atoms with Gasteiger partial charge in [0.05, 0.1) is 19.6 Å². The Morgan fingerprint density at radius 2 is 1.54 bits per heavy atom. The van der Waals surface area contributed by atoms with Crippen molar-refractivity contribution in [2.75, 3.05) is 33.4 Å². The lowest BCUT2D eigenvalue weighted by atomic mass is 9.92. The molecule has 4 rings (SSSR count). The Kier molecular flexibility index (Phi) is 10.8. The number of nitrogens with zero attached hydrogens (tertiary/aromatic N) is 2. The zero-order valence-electron chi connectivity index (χ0n) is 23.5. The van der Waals surface area contributed by atoms with Crippen LogP contribution in [0.15, 0.2) is 48.5 Å². The van der Waals surface area contributed by atoms with E-state index in [9.17, 15) is 22.8 Å². The number of ketones is 2. The van der Waals surface area contributed by atoms with Crippen LogP contribution in [0.25, 0.3) is 0 Å². The Bertz CT molecular complexity index is 1240. The van der Waals surface area contributed by atoms with Crippen molar-refractivity contribution in [1.29, 1.82) is 0 Å². The average molecular weight is 572 g/mol. The second-order valence-corrected chi connectivity index (χ2v) is 10.7. The number of hydrogen-bond acceptors (Lipinski definition) is 5. The first-order chi connectivity index (χ1) is 19.7. The summed E-state index contributed by atoms with van der Waals surface area (Å²) >= 11 is 0. The predicted molar refractivity (Wildman–Crippen MR) is 153 cm³/mol. The minimum atomic E-state index is -4.17. The monoisotopic (exact) mass is 571 g/mol. The van der Waals surface area contributed by atoms with E-state index in [1.807, 2.05) is 12.1 Å². The van der Waals surface area contributed by atoms with Crippen LogP contribution in [0.2, 0.25) is 0 Å². The lowest BCUT2D eigenvalue weighted by molar-refractivity contribution is -0.136. The third kappa shape index (κ3) is 9.87. The van der Waals surface area contributed by atoms with Gasteiger partial charge >= 0.3 is 17.6 Å². The van der Waals surface area contributed by atoms with Gasteiger partial charge in [0.25, 0.3) is 5.78 Å². The second-order valence-electron chi connectivity index (χ2n) is 10.7. The molecule has 1 fully saturated rings. The van der Waals surface area contributed by atoms with E-state index >= 15 is 0 Å². The highest BCUT2D eigenvalue weighted by Crippen LogP contribution is 2.23. The molecule has 9 heteroatoms. The molecule has 2 aliphatic heterocycles. The van der Waals surface area contributed by atoms with E-state index in [1.54, 1.807) is 43.5 Å². The quantitative estimate of drug-likeness (QED) is 0.140. The summed E-state index contributed by atoms with van der Waals surface area (Å²) in [5.41, 5.74) is 3.17. The van der Waals surface area contributed by atoms with Crippen molar-refractivity contribution in [2.45, 2.75) is 64.0 Å². The van der Waals surface area contributed by atoms with Gasteiger partial charge in [0.1, 0.15) is 11.5 Å². The first kappa shape index (κ1) is 30.5. The van der Waals surface area contributed by atoms with E-state index in [4.69, 9.17) is 9.47 Å². The summed E-state index contributed by atoms with van der Waals surface area (Å²) in [6.45, 7) is 2.94. The highest BCUT2D eigenvalue weighted by atomic mass is 19.4. The van der Waals surface area contributed by atoms with Crippen molar-refractivity contribution < 1.29 is 32.2 Å². The van der Waals surface area contributed by atoms with Crippen LogP contribution < -0.4 is 14.1 Å². The Morgan fingerprint density at radius 3 is 2.17 bits per heavy atom. The Labute approximate surface area is 239 Å². The molecule has 1 unspecified atom stereocenters. The van der Waals surface area contributed by atoms with Gasteiger partial charge in [0, 0.05) is 31.4 Å². The molecule has 0 N–H and O–H groups in total. The number of rotatable bonds is 17. The van der Waals surface area contributed by atoms with Gasteiger partial charge < -0.3 is 14.4 Å². The van der Waals surface area contributed by atoms with E-state index < -0.39 is 12.6 Å². The Morgan fingerprint density at radius 1 is 0.902 bits per heavy atom. The highest BCUT2D eigenvalue weighted by molar-refractivity contribution is 6.74. The van der Waals surface area contributed by atoms with Gasteiger partial charge in [-0.05, 0) is 93.6 Å². The lowest BCUT2D eigenvalue weighted by Crippen LogP contribution is -2.33. The fourth-order valence-corrected chi connectivity index (χ4v) is 5.19. The number of Topliss-reactive ketones (excluding diaryl/α,β-unsaturated/α-hetero) is 2. The summed E-state index contributed by atoms with van der Waals surface area (Å²) < 4.78 is 52.1. The van der Waals surface area contributed by atoms with Crippen LogP contribution in [0.5, 0.6) is 11.5 Å². The summed E-state index contributed by atoms with van der Waals surface area (Å²) in [6, 6.07) is 14.5. The summed E-state index contributed by atoms with van der Waals surface area (Å²) in [5.74, 6) is 1.44. The largest absolute Gasteiger partial charge is 0.497 e. The molecule has 0 aromatic heterocycles. The summed E-state index contributed by atoms with van der Waals surface area (Å²) in [4.78, 5) is 27.7. The SMILES string of the molecule is COc1ccc(C(=O)CCCCC(=O)C2=[N+]=C2C(Cc2ccc(OCCCC(F)(F)F)cc2)CN2CCCC2)cc1. The number of carbonyl (C=O) groups is 2. The number of alkyl halides is 3. The topological polar surface area (TPSA) is 69.9 Å². The molecular weight excluding hydrogens is 533 g/mol. The molecule has 0 bridgehead atoms. The maximum atomic E-state index is 12.9. The third-order valence-corrected chi connectivity index (χ3v) is 7.50. The zero-order valence-corrected chi connectivity index (χ0v) is 23.5. The van der Waals surface area contributed by atoms with Crippen LogP contribution in [0.3, 0.4) is 0 Å². The summed E-state index contributed by atoms with van der Waals surface area (Å²) in [5, 5.41) is 0. The Balaban J connectivity index is 1.23. The van der Waals surface area contributed by atoms with Crippen molar-refractivity contribution in [3.63, 3.8) is 0 Å². The van der Waals surface area contributed by atoms with E-state index in [-0.39, 0.29) is 30.5 Å². The third-order valence-electron chi connectivity index (χ3n) is 7.50. The molecule has 0 saturated carbocycles. The lowest BCUT2D eigenvalue weighted by Gasteiger charge is -2.18. The molecule has 0 amide bonds. The molecule has 41 heavy (non-hydrogen) atoms. The highest BCUT2D eigenvalue weighted by Gasteiger charge is 2.51. The first-order valence-electron chi connectivity index (χ1n) is 14.4. The van der Waals surface area contributed by atoms with E-state index in [0.29, 0.717) is 48.5 Å². The van der Waals surface area contributed by atoms with Crippen molar-refractivity contribution in [1.82, 2.24) is 9.57 Å². The number of unbranched alkanes of at least 4 members (excludes halogenated alkanes) is 1. The zero-order chi connectivity index (χ0) is 29.2. The number of methoxy groups -OCH3 is 1. The van der Waals surface area contributed by atoms with Crippen molar-refractivity contribution >= 4 is 23.0 Å². The first-order valence-corrected chi connectivity index (χ1v) is 14.4. The fourth-order valence-electron chi connectivity index (χ4n) is 5.19. The molecular formula is C32H38F3N2O4+. The van der Waals surface area contributed by atoms with Crippen molar-refractivity contribution in [3.05, 3.63) is 59.7 Å². The number of carbonyl (C=O) groups excluding carboxylic acids is 2. The second kappa shape index (κ2) is 14.5. The number of benzene rings is 2. The van der Waals surface area contributed by atoms with E-state index in [0.717, 1.165) is 37.3 Å². The standard InChI is InChI=1S/C32H38F3N2O4/c1-40-26-15-11-24(12-16-26)28(38)7-2-3-8-29(39)31-30(36-31)25(22-37-18-4-5-19-37)21-23-9-13-27(14-10-23)41-20-6-17-32(33,34)35/h9-16,25H,2-8,17-22H2,1H3/q+1. The maximum Gasteiger partial charge on any atom is 0.454 e. The Hall–Kier alpha value is -3.42. The molecule has 0 radical (unpaired) electrons. The predicted octanol–water partition coefficient (Wildman–Crippen LogP) is 5.65. The normalized spacial score (nSPS) is 15.7. The molecule has 0 spiro atoms. The molecule has 1 atom stereocenters. The minimum absolute atomic E-state index is 0.0172. The fraction of sp³-hybridized carbons (Fsp3) is 0.500. The van der Waals surface area contributed by atoms with E-state index in [1.165, 1.54) is 12.8 Å². The van der Waals surface area contributed by atoms with Crippen LogP contribution in [0.1, 0.15) is 67.3 Å². The van der Waals surface area contributed by atoms with Gasteiger partial charge in [-0.1, -0.05) is 16.8 Å². The maximum absolute atomic E-state index is 12.9. The molecule has 220 valence electrons. The smallest absolute Gasteiger partial charge is 0.454 e. The van der Waals surface area contributed by atoms with Gasteiger partial charge in [-0.3, -0.25) is 9.59 Å². The van der Waals surface area contributed by atoms with Crippen LogP contribution in [-0.4, -0.2) is 67.4 Å². The molecule has 0 aliphatic carbocycles. The van der Waals surface area contributed by atoms with Gasteiger partial charge in [-0.2, -0.15) is 13.2 Å². The summed E-state index contributed by atoms with van der Waals surface area (Å²) in [7, 11) is 1.58. The molecule has 2 aliphatic rings. The number of halogens is 3. The van der Waals surface area contributed by atoms with Gasteiger partial charge in [0.2, 0.25) is 0 Å². The van der Waals surface area contributed by atoms with Crippen LogP contribution >= 0.6 is 0 Å². The van der Waals surface area contributed by atoms with Crippen LogP contribution in [0, 0.1) is 5.92 Å². The van der Waals surface area contributed by atoms with Gasteiger partial charge in [0.15, 0.2) is 5.78 Å². The number of likely N-dealkylation sites (tertiary alicyclic amines) is 1. The van der Waals surface area contributed by atoms with E-state index in [2.05, 4.69) is 9.57 Å². The molecule has 1 saturated heterocycles. The van der Waals surface area contributed by atoms with Gasteiger partial charge in [-0.25, -0.2) is 0 Å². The minimum Gasteiger partial charge on any atom is -0.497 e. The van der Waals surface area contributed by atoms with Crippen molar-refractivity contribution in [3.8, 4) is 11.5 Å². The summed E-state index contributed by atoms with van der Waals surface area (Å²) in [6.07, 6.45) is -0.00527. The average Bonchev–Trinajstić information content (AvgIpc) is 3.60. The number of ether oxygens (including phenoxy) is 2. The van der Waals surface area contributed by atoms with Crippen LogP contribution in [0.4, 0.5) is 13.2 Å².